The van der Waals surface area contributed by atoms with E-state index in [0.717, 1.165) is 0 Å². The summed E-state index contributed by atoms with van der Waals surface area (Å²) in [6.07, 6.45) is 1.21. The van der Waals surface area contributed by atoms with Crippen LogP contribution < -0.4 is 0 Å². The van der Waals surface area contributed by atoms with Gasteiger partial charge in [-0.2, -0.15) is 0 Å². The summed E-state index contributed by atoms with van der Waals surface area (Å²) in [7, 11) is 0. The molecule has 0 N–H and O–H groups in total. The normalized spacial score (nSPS) is 14.1. The minimum Gasteiger partial charge on any atom is -0.121 e. The van der Waals surface area contributed by atoms with E-state index in [4.69, 9.17) is 0 Å². The number of fused-ring (bicyclic) bond motifs is 2. The van der Waals surface area contributed by atoms with E-state index in [1.165, 1.54) is 44.0 Å². The van der Waals surface area contributed by atoms with E-state index in [9.17, 15) is 0 Å². The molecule has 144 valence electrons. The number of rotatable bonds is 3. The Morgan fingerprint density at radius 2 is 1.41 bits per heavy atom. The van der Waals surface area contributed by atoms with Gasteiger partial charge in [0.2, 0.25) is 0 Å². The summed E-state index contributed by atoms with van der Waals surface area (Å²) in [4.78, 5) is 1.45. The Morgan fingerprint density at radius 3 is 2.04 bits per heavy atom. The minimum absolute atomic E-state index is 0.251. The molecule has 0 spiro atoms. The van der Waals surface area contributed by atoms with Crippen molar-refractivity contribution in [3.05, 3.63) is 53.6 Å². The third kappa shape index (κ3) is 4.51. The summed E-state index contributed by atoms with van der Waals surface area (Å²) in [5.41, 5.74) is 3.32. The van der Waals surface area contributed by atoms with Crippen molar-refractivity contribution in [1.82, 2.24) is 0 Å². The second-order valence-electron chi connectivity index (χ2n) is 10.3. The molecular weight excluding hydrogens is 344 g/mol. The van der Waals surface area contributed by atoms with Gasteiger partial charge in [0.15, 0.2) is 0 Å². The second kappa shape index (κ2) is 7.17. The maximum atomic E-state index is 2.40. The molecule has 0 saturated heterocycles. The molecule has 0 aliphatic rings. The maximum Gasteiger partial charge on any atom is 0.0232 e. The molecule has 0 amide bonds. The van der Waals surface area contributed by atoms with Crippen LogP contribution in [0.4, 0.5) is 0 Å². The van der Waals surface area contributed by atoms with E-state index in [1.54, 1.807) is 0 Å². The quantitative estimate of drug-likeness (QED) is 0.325. The number of benzene rings is 3. The van der Waals surface area contributed by atoms with Gasteiger partial charge in [0.05, 0.1) is 0 Å². The molecule has 0 bridgehead atoms. The Kier molecular flexibility index (Phi) is 5.38. The van der Waals surface area contributed by atoms with Crippen molar-refractivity contribution in [1.29, 1.82) is 0 Å². The summed E-state index contributed by atoms with van der Waals surface area (Å²) in [5, 5.41) is 6.07. The summed E-state index contributed by atoms with van der Waals surface area (Å²) in [6, 6.07) is 16.0. The summed E-state index contributed by atoms with van der Waals surface area (Å²) in [5.74, 6) is 0. The van der Waals surface area contributed by atoms with Crippen LogP contribution in [0.2, 0.25) is 0 Å². The van der Waals surface area contributed by atoms with Gasteiger partial charge in [-0.15, -0.1) is 11.8 Å². The molecule has 3 rings (SSSR count). The highest BCUT2D eigenvalue weighted by atomic mass is 32.2. The van der Waals surface area contributed by atoms with Crippen molar-refractivity contribution >= 4 is 33.3 Å². The fraction of sp³-hybridized carbons (Fsp3) is 0.462. The molecule has 1 atom stereocenters. The van der Waals surface area contributed by atoms with Crippen molar-refractivity contribution < 1.29 is 0 Å². The molecule has 27 heavy (non-hydrogen) atoms. The molecule has 0 heterocycles. The van der Waals surface area contributed by atoms with E-state index in [2.05, 4.69) is 110 Å². The Hall–Kier alpha value is -1.47. The fourth-order valence-corrected chi connectivity index (χ4v) is 5.48. The Balaban J connectivity index is 2.24. The number of hydrogen-bond donors (Lipinski definition) is 0. The Morgan fingerprint density at radius 1 is 0.778 bits per heavy atom. The van der Waals surface area contributed by atoms with Crippen LogP contribution in [-0.4, -0.2) is 5.25 Å². The zero-order chi connectivity index (χ0) is 20.0. The van der Waals surface area contributed by atoms with Crippen molar-refractivity contribution in [2.75, 3.05) is 0 Å². The molecule has 1 unspecified atom stereocenters. The van der Waals surface area contributed by atoms with Gasteiger partial charge in [-0.05, 0) is 69.8 Å². The molecular formula is C26H34S. The first kappa shape index (κ1) is 20.3. The minimum atomic E-state index is 0.251. The largest absolute Gasteiger partial charge is 0.121 e. The summed E-state index contributed by atoms with van der Waals surface area (Å²) >= 11 is 2.10. The van der Waals surface area contributed by atoms with Crippen LogP contribution >= 0.6 is 11.8 Å². The lowest BCUT2D eigenvalue weighted by Gasteiger charge is -2.35. The van der Waals surface area contributed by atoms with Gasteiger partial charge in [-0.1, -0.05) is 77.9 Å². The lowest BCUT2D eigenvalue weighted by atomic mass is 9.81. The first-order valence-corrected chi connectivity index (χ1v) is 10.9. The van der Waals surface area contributed by atoms with E-state index in [1.807, 2.05) is 0 Å². The number of thioether (sulfide) groups is 1. The Labute approximate surface area is 169 Å². The third-order valence-corrected chi connectivity index (χ3v) is 7.28. The highest BCUT2D eigenvalue weighted by molar-refractivity contribution is 8.00. The smallest absolute Gasteiger partial charge is 0.0232 e. The highest BCUT2D eigenvalue weighted by Crippen LogP contribution is 2.46. The van der Waals surface area contributed by atoms with Gasteiger partial charge in [-0.3, -0.25) is 0 Å². The van der Waals surface area contributed by atoms with Crippen molar-refractivity contribution in [2.45, 2.75) is 72.0 Å². The van der Waals surface area contributed by atoms with Crippen LogP contribution in [0, 0.1) is 24.7 Å². The zero-order valence-electron chi connectivity index (χ0n) is 18.2. The van der Waals surface area contributed by atoms with Gasteiger partial charge in [0.25, 0.3) is 0 Å². The van der Waals surface area contributed by atoms with E-state index >= 15 is 0 Å². The highest BCUT2D eigenvalue weighted by Gasteiger charge is 2.31. The van der Waals surface area contributed by atoms with Gasteiger partial charge in [-0.25, -0.2) is 0 Å². The third-order valence-electron chi connectivity index (χ3n) is 5.45. The second-order valence-corrected chi connectivity index (χ2v) is 11.5. The van der Waals surface area contributed by atoms with Crippen molar-refractivity contribution in [2.24, 2.45) is 10.8 Å². The summed E-state index contributed by atoms with van der Waals surface area (Å²) in [6.45, 7) is 18.7. The molecule has 0 saturated carbocycles. The standard InChI is InChI=1S/C26H34S/c1-17-13-20-15-19-11-9-10-12-21(19)24(22(20)14-18(17)2)27-23(26(6,7)8)16-25(3,4)5/h9-15,23H,16H2,1-8H3. The lowest BCUT2D eigenvalue weighted by Crippen LogP contribution is -2.28. The van der Waals surface area contributed by atoms with Crippen LogP contribution in [0.1, 0.15) is 59.1 Å². The summed E-state index contributed by atoms with van der Waals surface area (Å²) < 4.78 is 0. The first-order chi connectivity index (χ1) is 12.5. The number of aryl methyl sites for hydroxylation is 2. The molecule has 0 fully saturated rings. The molecule has 0 nitrogen and oxygen atoms in total. The SMILES string of the molecule is Cc1cc2cc3ccccc3c(SC(CC(C)(C)C)C(C)(C)C)c2cc1C. The predicted molar refractivity (Wildman–Crippen MR) is 124 cm³/mol. The molecule has 1 heteroatoms. The molecule has 0 aromatic heterocycles. The van der Waals surface area contributed by atoms with Crippen LogP contribution in [0.3, 0.4) is 0 Å². The van der Waals surface area contributed by atoms with Crippen molar-refractivity contribution in [3.63, 3.8) is 0 Å². The average Bonchev–Trinajstić information content (AvgIpc) is 2.53. The average molecular weight is 379 g/mol. The fourth-order valence-electron chi connectivity index (χ4n) is 3.65. The van der Waals surface area contributed by atoms with Gasteiger partial charge >= 0.3 is 0 Å². The van der Waals surface area contributed by atoms with E-state index < -0.39 is 0 Å². The topological polar surface area (TPSA) is 0 Å². The lowest BCUT2D eigenvalue weighted by molar-refractivity contribution is 0.286. The van der Waals surface area contributed by atoms with Crippen LogP contribution in [0.25, 0.3) is 21.5 Å². The first-order valence-electron chi connectivity index (χ1n) is 10.0. The van der Waals surface area contributed by atoms with Crippen LogP contribution in [0.15, 0.2) is 47.4 Å². The van der Waals surface area contributed by atoms with Crippen LogP contribution in [-0.2, 0) is 0 Å². The Bertz CT molecular complexity index is 967. The predicted octanol–water partition coefficient (Wildman–Crippen LogP) is 8.55. The molecule has 3 aromatic carbocycles. The maximum absolute atomic E-state index is 2.40. The number of hydrogen-bond acceptors (Lipinski definition) is 1. The van der Waals surface area contributed by atoms with Gasteiger partial charge in [0, 0.05) is 10.1 Å². The van der Waals surface area contributed by atoms with Crippen molar-refractivity contribution in [3.8, 4) is 0 Å². The molecule has 0 aliphatic carbocycles. The molecule has 0 radical (unpaired) electrons. The zero-order valence-corrected chi connectivity index (χ0v) is 19.1. The van der Waals surface area contributed by atoms with E-state index in [-0.39, 0.29) is 5.41 Å². The monoisotopic (exact) mass is 378 g/mol. The molecule has 3 aromatic rings. The van der Waals surface area contributed by atoms with E-state index in [0.29, 0.717) is 10.7 Å². The molecule has 0 aliphatic heterocycles. The van der Waals surface area contributed by atoms with Crippen LogP contribution in [0.5, 0.6) is 0 Å². The van der Waals surface area contributed by atoms with Gasteiger partial charge in [0.1, 0.15) is 0 Å². The van der Waals surface area contributed by atoms with Gasteiger partial charge < -0.3 is 0 Å².